The van der Waals surface area contributed by atoms with E-state index in [9.17, 15) is 4.79 Å². The predicted octanol–water partition coefficient (Wildman–Crippen LogP) is 1.82. The van der Waals surface area contributed by atoms with Gasteiger partial charge in [0, 0.05) is 12.6 Å². The van der Waals surface area contributed by atoms with Crippen LogP contribution in [0.5, 0.6) is 11.8 Å². The molecule has 1 aliphatic rings. The smallest absolute Gasteiger partial charge is 0.246 e. The molecular weight excluding hydrogens is 270 g/mol. The fraction of sp³-hybridized carbons (Fsp3) is 0.533. The summed E-state index contributed by atoms with van der Waals surface area (Å²) < 4.78 is 10.8. The maximum Gasteiger partial charge on any atom is 0.246 e. The normalized spacial score (nSPS) is 18.0. The highest BCUT2D eigenvalue weighted by Gasteiger charge is 2.24. The third-order valence-corrected chi connectivity index (χ3v) is 3.19. The van der Waals surface area contributed by atoms with Crippen LogP contribution in [-0.4, -0.2) is 47.1 Å². The number of hydrogen-bond acceptors (Lipinski definition) is 5. The van der Waals surface area contributed by atoms with Gasteiger partial charge in [0.2, 0.25) is 17.7 Å². The lowest BCUT2D eigenvalue weighted by Crippen LogP contribution is -2.43. The molecule has 0 bridgehead atoms. The first kappa shape index (κ1) is 15.3. The van der Waals surface area contributed by atoms with Gasteiger partial charge >= 0.3 is 0 Å². The summed E-state index contributed by atoms with van der Waals surface area (Å²) in [6, 6.07) is 0. The number of allylic oxidation sites excluding steroid dienone is 1. The van der Waals surface area contributed by atoms with Gasteiger partial charge in [0.25, 0.3) is 0 Å². The number of piperidine rings is 1. The van der Waals surface area contributed by atoms with Crippen molar-refractivity contribution in [3.8, 4) is 11.8 Å². The van der Waals surface area contributed by atoms with E-state index in [1.54, 1.807) is 12.3 Å². The largest absolute Gasteiger partial charge is 0.480 e. The highest BCUT2D eigenvalue weighted by molar-refractivity contribution is 5.88. The molecule has 0 spiro atoms. The Hall–Kier alpha value is -2.11. The molecule has 0 radical (unpaired) electrons. The maximum atomic E-state index is 12.1. The lowest BCUT2D eigenvalue weighted by Gasteiger charge is -2.32. The van der Waals surface area contributed by atoms with Crippen LogP contribution in [0.1, 0.15) is 26.7 Å². The Kier molecular flexibility index (Phi) is 5.14. The molecule has 1 unspecified atom stereocenters. The van der Waals surface area contributed by atoms with Crippen LogP contribution in [-0.2, 0) is 4.79 Å². The average Bonchev–Trinajstić information content (AvgIpc) is 2.47. The number of hydrogen-bond donors (Lipinski definition) is 0. The number of carbonyl (C=O) groups is 1. The fourth-order valence-electron chi connectivity index (χ4n) is 2.23. The molecule has 21 heavy (non-hydrogen) atoms. The van der Waals surface area contributed by atoms with Crippen LogP contribution in [0, 0.1) is 0 Å². The Morgan fingerprint density at radius 3 is 2.86 bits per heavy atom. The molecule has 1 aromatic rings. The summed E-state index contributed by atoms with van der Waals surface area (Å²) in [5.41, 5.74) is 1.00. The van der Waals surface area contributed by atoms with Gasteiger partial charge in [-0.25, -0.2) is 0 Å². The van der Waals surface area contributed by atoms with E-state index in [0.29, 0.717) is 18.3 Å². The molecule has 1 aliphatic heterocycles. The number of rotatable bonds is 4. The highest BCUT2D eigenvalue weighted by Crippen LogP contribution is 2.18. The van der Waals surface area contributed by atoms with Gasteiger partial charge in [-0.2, -0.15) is 4.98 Å². The Balaban J connectivity index is 1.97. The maximum absolute atomic E-state index is 12.1. The first-order valence-corrected chi connectivity index (χ1v) is 7.05. The highest BCUT2D eigenvalue weighted by atomic mass is 16.5. The van der Waals surface area contributed by atoms with Crippen LogP contribution in [0.4, 0.5) is 0 Å². The molecule has 1 amide bonds. The van der Waals surface area contributed by atoms with E-state index in [-0.39, 0.29) is 12.0 Å². The fourth-order valence-corrected chi connectivity index (χ4v) is 2.23. The summed E-state index contributed by atoms with van der Waals surface area (Å²) in [5.74, 6) is 0.886. The van der Waals surface area contributed by atoms with E-state index < -0.39 is 0 Å². The van der Waals surface area contributed by atoms with E-state index in [1.807, 2.05) is 18.7 Å². The lowest BCUT2D eigenvalue weighted by atomic mass is 10.1. The topological polar surface area (TPSA) is 64.6 Å². The van der Waals surface area contributed by atoms with Crippen molar-refractivity contribution in [3.63, 3.8) is 0 Å². The second kappa shape index (κ2) is 7.06. The zero-order valence-electron chi connectivity index (χ0n) is 12.7. The minimum atomic E-state index is -0.0605. The summed E-state index contributed by atoms with van der Waals surface area (Å²) in [7, 11) is 1.54. The van der Waals surface area contributed by atoms with Gasteiger partial charge in [0.15, 0.2) is 0 Å². The van der Waals surface area contributed by atoms with Crippen molar-refractivity contribution in [2.75, 3.05) is 20.2 Å². The minimum Gasteiger partial charge on any atom is -0.480 e. The second-order valence-electron chi connectivity index (χ2n) is 5.29. The third kappa shape index (κ3) is 4.44. The van der Waals surface area contributed by atoms with Crippen LogP contribution in [0.2, 0.25) is 0 Å². The molecule has 0 aromatic carbocycles. The molecule has 1 aromatic heterocycles. The van der Waals surface area contributed by atoms with Gasteiger partial charge in [0.05, 0.1) is 26.0 Å². The van der Waals surface area contributed by atoms with Gasteiger partial charge in [-0.3, -0.25) is 9.78 Å². The molecule has 2 heterocycles. The first-order chi connectivity index (χ1) is 10.1. The Morgan fingerprint density at radius 2 is 2.14 bits per heavy atom. The standard InChI is InChI=1S/C15H21N3O3/c1-11(2)7-15(19)18-6-4-5-12(10-18)21-14-9-16-8-13(17-14)20-3/h7-9,12H,4-6,10H2,1-3H3. The van der Waals surface area contributed by atoms with Crippen molar-refractivity contribution in [2.45, 2.75) is 32.8 Å². The van der Waals surface area contributed by atoms with Crippen molar-refractivity contribution in [3.05, 3.63) is 24.0 Å². The van der Waals surface area contributed by atoms with Crippen LogP contribution in [0.15, 0.2) is 24.0 Å². The van der Waals surface area contributed by atoms with Crippen molar-refractivity contribution in [1.82, 2.24) is 14.9 Å². The number of methoxy groups -OCH3 is 1. The van der Waals surface area contributed by atoms with Gasteiger partial charge in [-0.1, -0.05) is 5.57 Å². The van der Waals surface area contributed by atoms with Crippen molar-refractivity contribution in [2.24, 2.45) is 0 Å². The molecule has 0 aliphatic carbocycles. The summed E-state index contributed by atoms with van der Waals surface area (Å²) in [4.78, 5) is 22.1. The summed E-state index contributed by atoms with van der Waals surface area (Å²) in [6.07, 6.45) is 6.50. The third-order valence-electron chi connectivity index (χ3n) is 3.19. The van der Waals surface area contributed by atoms with Crippen molar-refractivity contribution >= 4 is 5.91 Å². The lowest BCUT2D eigenvalue weighted by molar-refractivity contribution is -0.128. The summed E-state index contributed by atoms with van der Waals surface area (Å²) >= 11 is 0. The van der Waals surface area contributed by atoms with Crippen LogP contribution < -0.4 is 9.47 Å². The molecule has 6 heteroatoms. The molecule has 6 nitrogen and oxygen atoms in total. The number of carbonyl (C=O) groups excluding carboxylic acids is 1. The first-order valence-electron chi connectivity index (χ1n) is 7.05. The monoisotopic (exact) mass is 291 g/mol. The summed E-state index contributed by atoms with van der Waals surface area (Å²) in [5, 5.41) is 0. The van der Waals surface area contributed by atoms with E-state index in [4.69, 9.17) is 9.47 Å². The van der Waals surface area contributed by atoms with E-state index in [2.05, 4.69) is 9.97 Å². The van der Waals surface area contributed by atoms with Gasteiger partial charge in [-0.15, -0.1) is 0 Å². The molecule has 1 saturated heterocycles. The molecule has 114 valence electrons. The zero-order chi connectivity index (χ0) is 15.2. The molecule has 1 fully saturated rings. The number of ether oxygens (including phenoxy) is 2. The molecule has 1 atom stereocenters. The zero-order valence-corrected chi connectivity index (χ0v) is 12.7. The Morgan fingerprint density at radius 1 is 1.38 bits per heavy atom. The van der Waals surface area contributed by atoms with Crippen LogP contribution in [0.3, 0.4) is 0 Å². The van der Waals surface area contributed by atoms with E-state index >= 15 is 0 Å². The minimum absolute atomic E-state index is 0.0417. The quantitative estimate of drug-likeness (QED) is 0.792. The number of nitrogens with zero attached hydrogens (tertiary/aromatic N) is 3. The summed E-state index contributed by atoms with van der Waals surface area (Å²) in [6.45, 7) is 5.18. The number of likely N-dealkylation sites (tertiary alicyclic amines) is 1. The molecule has 0 N–H and O–H groups in total. The van der Waals surface area contributed by atoms with Crippen molar-refractivity contribution in [1.29, 1.82) is 0 Å². The van der Waals surface area contributed by atoms with Crippen LogP contribution in [0.25, 0.3) is 0 Å². The van der Waals surface area contributed by atoms with E-state index in [0.717, 1.165) is 25.0 Å². The second-order valence-corrected chi connectivity index (χ2v) is 5.29. The molecular formula is C15H21N3O3. The van der Waals surface area contributed by atoms with Crippen LogP contribution >= 0.6 is 0 Å². The Labute approximate surface area is 124 Å². The Bertz CT molecular complexity index is 527. The van der Waals surface area contributed by atoms with Gasteiger partial charge in [-0.05, 0) is 26.7 Å². The number of aromatic nitrogens is 2. The SMILES string of the molecule is COc1cncc(OC2CCCN(C(=O)C=C(C)C)C2)n1. The van der Waals surface area contributed by atoms with Crippen molar-refractivity contribution < 1.29 is 14.3 Å². The van der Waals surface area contributed by atoms with Gasteiger partial charge < -0.3 is 14.4 Å². The molecule has 0 saturated carbocycles. The average molecular weight is 291 g/mol. The van der Waals surface area contributed by atoms with E-state index in [1.165, 1.54) is 13.3 Å². The van der Waals surface area contributed by atoms with Gasteiger partial charge in [0.1, 0.15) is 6.10 Å². The predicted molar refractivity (Wildman–Crippen MR) is 78.2 cm³/mol. The molecule has 2 rings (SSSR count). The number of amides is 1.